The van der Waals surface area contributed by atoms with Crippen LogP contribution in [0.3, 0.4) is 0 Å². The number of aryl methyl sites for hydroxylation is 2. The molecule has 0 spiro atoms. The minimum Gasteiger partial charge on any atom is -0.260 e. The Bertz CT molecular complexity index is 865. The van der Waals surface area contributed by atoms with Crippen LogP contribution in [0.1, 0.15) is 70.6 Å². The summed E-state index contributed by atoms with van der Waals surface area (Å²) in [5.74, 6) is 0.517. The van der Waals surface area contributed by atoms with Crippen molar-refractivity contribution in [1.82, 2.24) is 0 Å². The van der Waals surface area contributed by atoms with Gasteiger partial charge in [-0.05, 0) is 74.6 Å². The molecule has 0 heterocycles. The summed E-state index contributed by atoms with van der Waals surface area (Å²) in [4.78, 5) is 4.79. The van der Waals surface area contributed by atoms with E-state index >= 15 is 4.39 Å². The second-order valence-corrected chi connectivity index (χ2v) is 10.0. The first-order chi connectivity index (χ1) is 13.9. The molecule has 1 aliphatic rings. The van der Waals surface area contributed by atoms with Gasteiger partial charge < -0.3 is 0 Å². The zero-order chi connectivity index (χ0) is 22.7. The third-order valence-electron chi connectivity index (χ3n) is 7.04. The van der Waals surface area contributed by atoms with E-state index < -0.39 is 11.1 Å². The summed E-state index contributed by atoms with van der Waals surface area (Å²) in [5, 5.41) is 0. The fraction of sp³-hybridized carbons (Fsp3) is 0.536. The lowest BCUT2D eigenvalue weighted by molar-refractivity contribution is 0.0925. The predicted octanol–water partition coefficient (Wildman–Crippen LogP) is 8.56. The predicted molar refractivity (Wildman–Crippen MR) is 131 cm³/mol. The summed E-state index contributed by atoms with van der Waals surface area (Å²) in [5.41, 5.74) is 4.50. The highest BCUT2D eigenvalue weighted by Crippen LogP contribution is 2.47. The second-order valence-electron chi connectivity index (χ2n) is 10.0. The lowest BCUT2D eigenvalue weighted by Crippen LogP contribution is -2.41. The van der Waals surface area contributed by atoms with Gasteiger partial charge in [0.25, 0.3) is 0 Å². The molecule has 0 saturated carbocycles. The van der Waals surface area contributed by atoms with Crippen LogP contribution in [0.5, 0.6) is 0 Å². The van der Waals surface area contributed by atoms with Crippen molar-refractivity contribution in [1.29, 1.82) is 0 Å². The van der Waals surface area contributed by atoms with Gasteiger partial charge in [0.15, 0.2) is 0 Å². The van der Waals surface area contributed by atoms with Crippen molar-refractivity contribution in [2.24, 2.45) is 22.2 Å². The van der Waals surface area contributed by atoms with Crippen LogP contribution in [0.2, 0.25) is 0 Å². The van der Waals surface area contributed by atoms with E-state index in [1.807, 2.05) is 20.1 Å². The highest BCUT2D eigenvalue weighted by molar-refractivity contribution is 5.69. The molecule has 0 fully saturated rings. The number of rotatable bonds is 4. The van der Waals surface area contributed by atoms with Crippen LogP contribution in [0, 0.1) is 38.0 Å². The zero-order valence-corrected chi connectivity index (χ0v) is 20.3. The van der Waals surface area contributed by atoms with Gasteiger partial charge in [-0.1, -0.05) is 70.2 Å². The van der Waals surface area contributed by atoms with Crippen molar-refractivity contribution in [3.63, 3.8) is 0 Å². The molecule has 0 radical (unpaired) electrons. The first-order valence-electron chi connectivity index (χ1n) is 11.2. The molecule has 0 aliphatic heterocycles. The van der Waals surface area contributed by atoms with E-state index in [0.29, 0.717) is 11.5 Å². The Balaban J connectivity index is 2.34. The largest absolute Gasteiger partial charge is 0.260 e. The van der Waals surface area contributed by atoms with Gasteiger partial charge in [-0.25, -0.2) is 4.39 Å². The van der Waals surface area contributed by atoms with Crippen LogP contribution >= 0.6 is 0 Å². The van der Waals surface area contributed by atoms with Crippen LogP contribution in [0.15, 0.2) is 53.1 Å². The normalized spacial score (nSPS) is 27.9. The number of allylic oxidation sites excluding steroid dienone is 5. The summed E-state index contributed by atoms with van der Waals surface area (Å²) in [6.07, 6.45) is 10.9. The average molecular weight is 410 g/mol. The molecule has 2 unspecified atom stereocenters. The molecule has 0 amide bonds. The van der Waals surface area contributed by atoms with E-state index in [1.54, 1.807) is 6.92 Å². The summed E-state index contributed by atoms with van der Waals surface area (Å²) in [7, 11) is 0. The Kier molecular flexibility index (Phi) is 7.66. The Morgan fingerprint density at radius 2 is 1.77 bits per heavy atom. The summed E-state index contributed by atoms with van der Waals surface area (Å²) < 4.78 is 16.1. The summed E-state index contributed by atoms with van der Waals surface area (Å²) in [6.45, 7) is 20.6. The lowest BCUT2D eigenvalue weighted by atomic mass is 9.66. The molecule has 0 aromatic heterocycles. The zero-order valence-electron chi connectivity index (χ0n) is 20.3. The van der Waals surface area contributed by atoms with Crippen LogP contribution in [-0.4, -0.2) is 11.9 Å². The van der Waals surface area contributed by atoms with E-state index in [9.17, 15) is 0 Å². The molecule has 0 N–H and O–H groups in total. The second kappa shape index (κ2) is 9.45. The maximum absolute atomic E-state index is 16.1. The van der Waals surface area contributed by atoms with E-state index in [-0.39, 0.29) is 5.92 Å². The highest BCUT2D eigenvalue weighted by atomic mass is 19.1. The maximum atomic E-state index is 16.1. The summed E-state index contributed by atoms with van der Waals surface area (Å²) in [6, 6.07) is 4.26. The monoisotopic (exact) mass is 409 g/mol. The van der Waals surface area contributed by atoms with Crippen molar-refractivity contribution < 1.29 is 4.39 Å². The lowest BCUT2D eigenvalue weighted by Gasteiger charge is -2.42. The smallest absolute Gasteiger partial charge is 0.137 e. The van der Waals surface area contributed by atoms with E-state index in [4.69, 9.17) is 4.99 Å². The first kappa shape index (κ1) is 24.3. The van der Waals surface area contributed by atoms with Gasteiger partial charge in [-0.3, -0.25) is 4.99 Å². The minimum absolute atomic E-state index is 0.152. The number of hydrogen-bond donors (Lipinski definition) is 0. The Morgan fingerprint density at radius 1 is 1.13 bits per heavy atom. The van der Waals surface area contributed by atoms with Gasteiger partial charge in [0, 0.05) is 18.1 Å². The van der Waals surface area contributed by atoms with E-state index in [2.05, 4.69) is 71.6 Å². The van der Waals surface area contributed by atoms with Crippen molar-refractivity contribution in [2.45, 2.75) is 80.3 Å². The van der Waals surface area contributed by atoms with E-state index in [1.165, 1.54) is 22.3 Å². The number of nitrogens with zero attached hydrogens (tertiary/aromatic N) is 1. The maximum Gasteiger partial charge on any atom is 0.137 e. The molecule has 1 nitrogen and oxygen atoms in total. The Morgan fingerprint density at radius 3 is 2.40 bits per heavy atom. The first-order valence-corrected chi connectivity index (χ1v) is 11.2. The van der Waals surface area contributed by atoms with Crippen molar-refractivity contribution >= 4 is 11.9 Å². The molecule has 2 heteroatoms. The quantitative estimate of drug-likeness (QED) is 0.349. The van der Waals surface area contributed by atoms with Crippen LogP contribution in [0.25, 0.3) is 0 Å². The molecule has 0 bridgehead atoms. The number of aliphatic imine (C=N–C) groups is 1. The van der Waals surface area contributed by atoms with Gasteiger partial charge in [-0.15, -0.1) is 0 Å². The molecule has 164 valence electrons. The molecular weight excluding hydrogens is 369 g/mol. The van der Waals surface area contributed by atoms with Crippen molar-refractivity contribution in [2.75, 3.05) is 0 Å². The fourth-order valence-corrected chi connectivity index (χ4v) is 4.29. The Labute approximate surface area is 183 Å². The van der Waals surface area contributed by atoms with E-state index in [0.717, 1.165) is 24.9 Å². The van der Waals surface area contributed by atoms with Gasteiger partial charge in [0.2, 0.25) is 0 Å². The van der Waals surface area contributed by atoms with Crippen LogP contribution < -0.4 is 0 Å². The average Bonchev–Trinajstić information content (AvgIpc) is 2.65. The molecule has 1 aromatic rings. The summed E-state index contributed by atoms with van der Waals surface area (Å²) >= 11 is 0. The molecule has 2 atom stereocenters. The van der Waals surface area contributed by atoms with Gasteiger partial charge >= 0.3 is 0 Å². The van der Waals surface area contributed by atoms with Gasteiger partial charge in [0.1, 0.15) is 5.67 Å². The number of benzene rings is 1. The van der Waals surface area contributed by atoms with Crippen molar-refractivity contribution in [3.05, 3.63) is 64.8 Å². The molecule has 30 heavy (non-hydrogen) atoms. The van der Waals surface area contributed by atoms with Crippen molar-refractivity contribution in [3.8, 4) is 0 Å². The molecule has 1 aliphatic carbocycles. The molecule has 2 rings (SSSR count). The third-order valence-corrected chi connectivity index (χ3v) is 7.04. The number of halogens is 1. The SMILES string of the molecule is C=C1C(C(C)C)C/C=C\C/C(CC=Nc2c(C)ccc(C)c2C)=C\C(C)(C)C1(C)F. The van der Waals surface area contributed by atoms with Gasteiger partial charge in [-0.2, -0.15) is 0 Å². The molecule has 0 saturated heterocycles. The highest BCUT2D eigenvalue weighted by Gasteiger charge is 2.45. The fourth-order valence-electron chi connectivity index (χ4n) is 4.29. The topological polar surface area (TPSA) is 12.4 Å². The Hall–Kier alpha value is -1.96. The minimum atomic E-state index is -1.47. The molecule has 1 aromatic carbocycles. The van der Waals surface area contributed by atoms with Crippen LogP contribution in [0.4, 0.5) is 10.1 Å². The molecular formula is C28H40FN. The third kappa shape index (κ3) is 5.20. The van der Waals surface area contributed by atoms with Crippen LogP contribution in [-0.2, 0) is 0 Å². The van der Waals surface area contributed by atoms with Gasteiger partial charge in [0.05, 0.1) is 5.69 Å². The number of hydrogen-bond acceptors (Lipinski definition) is 1. The standard InChI is InChI=1S/C28H40FN/c1-19(2)25-13-11-10-12-24(18-27(7,8)28(9,29)23(25)6)16-17-30-26-21(4)15-14-20(3)22(26)5/h10-11,14-15,17-19,25H,6,12-13,16H2,1-5,7-9H3/b11-10-,24-18+,30-17?. The number of alkyl halides is 1.